The summed E-state index contributed by atoms with van der Waals surface area (Å²) in [5.74, 6) is 1.95. The van der Waals surface area contributed by atoms with Crippen LogP contribution < -0.4 is 10.6 Å². The zero-order valence-electron chi connectivity index (χ0n) is 14.0. The van der Waals surface area contributed by atoms with Crippen molar-refractivity contribution in [3.63, 3.8) is 0 Å². The predicted molar refractivity (Wildman–Crippen MR) is 102 cm³/mol. The van der Waals surface area contributed by atoms with Crippen molar-refractivity contribution in [2.24, 2.45) is 16.8 Å². The smallest absolute Gasteiger partial charge is 0.354 e. The van der Waals surface area contributed by atoms with E-state index in [1.165, 1.54) is 6.42 Å². The third-order valence-electron chi connectivity index (χ3n) is 3.99. The quantitative estimate of drug-likeness (QED) is 0.389. The molecule has 0 saturated heterocycles. The fraction of sp³-hybridized carbons (Fsp3) is 0.733. The van der Waals surface area contributed by atoms with Crippen LogP contribution in [0.25, 0.3) is 0 Å². The number of hydrogen-bond acceptors (Lipinski definition) is 3. The lowest BCUT2D eigenvalue weighted by molar-refractivity contribution is -0.140. The first-order valence-electron chi connectivity index (χ1n) is 7.76. The monoisotopic (exact) mass is 476 g/mol. The molecule has 0 amide bonds. The Morgan fingerprint density at radius 2 is 1.92 bits per heavy atom. The van der Waals surface area contributed by atoms with E-state index in [-0.39, 0.29) is 30.5 Å². The molecular formula is C15H24F3IN4S. The normalized spacial score (nSPS) is 25.1. The maximum Gasteiger partial charge on any atom is 0.434 e. The summed E-state index contributed by atoms with van der Waals surface area (Å²) in [6, 6.07) is 0.349. The first-order valence-corrected chi connectivity index (χ1v) is 8.64. The molecule has 138 valence electrons. The summed E-state index contributed by atoms with van der Waals surface area (Å²) >= 11 is 0.999. The molecule has 1 saturated carbocycles. The van der Waals surface area contributed by atoms with Crippen molar-refractivity contribution in [2.45, 2.75) is 51.9 Å². The number of aliphatic imine (C=N–C) groups is 1. The van der Waals surface area contributed by atoms with Gasteiger partial charge in [-0.25, -0.2) is 4.98 Å². The van der Waals surface area contributed by atoms with Gasteiger partial charge >= 0.3 is 6.18 Å². The lowest BCUT2D eigenvalue weighted by Crippen LogP contribution is -2.45. The molecule has 1 aromatic rings. The average molecular weight is 476 g/mol. The van der Waals surface area contributed by atoms with E-state index in [0.29, 0.717) is 28.8 Å². The molecule has 1 aliphatic rings. The minimum absolute atomic E-state index is 0. The molecule has 0 spiro atoms. The van der Waals surface area contributed by atoms with E-state index in [4.69, 9.17) is 0 Å². The molecule has 1 aliphatic carbocycles. The Kier molecular flexibility index (Phi) is 8.24. The van der Waals surface area contributed by atoms with Crippen LogP contribution in [0.15, 0.2) is 10.4 Å². The molecular weight excluding hydrogens is 452 g/mol. The Morgan fingerprint density at radius 3 is 2.42 bits per heavy atom. The van der Waals surface area contributed by atoms with Crippen molar-refractivity contribution < 1.29 is 13.2 Å². The Bertz CT molecular complexity index is 537. The van der Waals surface area contributed by atoms with Gasteiger partial charge in [0.2, 0.25) is 0 Å². The van der Waals surface area contributed by atoms with E-state index < -0.39 is 11.9 Å². The van der Waals surface area contributed by atoms with Gasteiger partial charge in [-0.05, 0) is 31.1 Å². The highest BCUT2D eigenvalue weighted by atomic mass is 127. The van der Waals surface area contributed by atoms with Crippen LogP contribution in [0.5, 0.6) is 0 Å². The van der Waals surface area contributed by atoms with Gasteiger partial charge in [0, 0.05) is 18.5 Å². The second kappa shape index (κ2) is 9.21. The van der Waals surface area contributed by atoms with Crippen LogP contribution in [-0.4, -0.2) is 24.0 Å². The van der Waals surface area contributed by atoms with Crippen LogP contribution in [0, 0.1) is 11.8 Å². The van der Waals surface area contributed by atoms with Gasteiger partial charge in [0.1, 0.15) is 5.01 Å². The molecule has 0 bridgehead atoms. The molecule has 2 rings (SSSR count). The summed E-state index contributed by atoms with van der Waals surface area (Å²) in [5, 5.41) is 7.85. The van der Waals surface area contributed by atoms with Crippen LogP contribution in [0.4, 0.5) is 13.2 Å². The third-order valence-corrected chi connectivity index (χ3v) is 4.84. The number of alkyl halides is 3. The Hall–Kier alpha value is -0.580. The number of nitrogens with one attached hydrogen (secondary N) is 2. The van der Waals surface area contributed by atoms with Crippen LogP contribution in [-0.2, 0) is 12.7 Å². The van der Waals surface area contributed by atoms with Crippen molar-refractivity contribution in [1.82, 2.24) is 15.6 Å². The van der Waals surface area contributed by atoms with E-state index in [1.54, 1.807) is 7.05 Å². The fourth-order valence-electron chi connectivity index (χ4n) is 3.13. The van der Waals surface area contributed by atoms with E-state index in [1.807, 2.05) is 0 Å². The lowest BCUT2D eigenvalue weighted by atomic mass is 9.80. The molecule has 0 radical (unpaired) electrons. The maximum absolute atomic E-state index is 12.5. The molecule has 9 heteroatoms. The molecule has 0 aromatic carbocycles. The first kappa shape index (κ1) is 21.5. The standard InChI is InChI=1S/C15H23F3N4S.HI/c1-9-4-10(2)6-11(5-9)21-14(19-3)20-7-13-22-12(8-23-13)15(16,17)18;/h8-11H,4-7H2,1-3H3,(H2,19,20,21);1H. The van der Waals surface area contributed by atoms with Crippen molar-refractivity contribution in [1.29, 1.82) is 0 Å². The van der Waals surface area contributed by atoms with Crippen LogP contribution in [0.2, 0.25) is 0 Å². The number of rotatable bonds is 3. The molecule has 24 heavy (non-hydrogen) atoms. The van der Waals surface area contributed by atoms with Gasteiger partial charge in [0.05, 0.1) is 6.54 Å². The topological polar surface area (TPSA) is 49.3 Å². The first-order chi connectivity index (χ1) is 10.8. The number of aromatic nitrogens is 1. The zero-order chi connectivity index (χ0) is 17.0. The number of hydrogen-bond donors (Lipinski definition) is 2. The fourth-order valence-corrected chi connectivity index (χ4v) is 3.87. The van der Waals surface area contributed by atoms with E-state index in [0.717, 1.165) is 29.6 Å². The van der Waals surface area contributed by atoms with Gasteiger partial charge in [0.15, 0.2) is 11.7 Å². The molecule has 4 nitrogen and oxygen atoms in total. The largest absolute Gasteiger partial charge is 0.434 e. The summed E-state index contributed by atoms with van der Waals surface area (Å²) < 4.78 is 37.6. The highest BCUT2D eigenvalue weighted by molar-refractivity contribution is 14.0. The molecule has 2 N–H and O–H groups in total. The summed E-state index contributed by atoms with van der Waals surface area (Å²) in [4.78, 5) is 7.76. The summed E-state index contributed by atoms with van der Waals surface area (Å²) in [7, 11) is 1.66. The molecule has 2 unspecified atom stereocenters. The van der Waals surface area contributed by atoms with Gasteiger partial charge in [-0.2, -0.15) is 13.2 Å². The molecule has 1 heterocycles. The lowest BCUT2D eigenvalue weighted by Gasteiger charge is -2.32. The van der Waals surface area contributed by atoms with Crippen LogP contribution in [0.3, 0.4) is 0 Å². The molecule has 2 atom stereocenters. The molecule has 1 fully saturated rings. The highest BCUT2D eigenvalue weighted by Crippen LogP contribution is 2.30. The summed E-state index contributed by atoms with van der Waals surface area (Å²) in [5.41, 5.74) is -0.836. The second-order valence-electron chi connectivity index (χ2n) is 6.31. The zero-order valence-corrected chi connectivity index (χ0v) is 17.1. The predicted octanol–water partition coefficient (Wildman–Crippen LogP) is 4.27. The van der Waals surface area contributed by atoms with Crippen molar-refractivity contribution >= 4 is 41.3 Å². The van der Waals surface area contributed by atoms with Gasteiger partial charge in [0.25, 0.3) is 0 Å². The van der Waals surface area contributed by atoms with Crippen LogP contribution >= 0.6 is 35.3 Å². The SMILES string of the molecule is CN=C(NCc1nc(C(F)(F)F)cs1)NC1CC(C)CC(C)C1.I. The maximum atomic E-state index is 12.5. The average Bonchev–Trinajstić information content (AvgIpc) is 2.91. The number of thiazole rings is 1. The van der Waals surface area contributed by atoms with E-state index in [2.05, 4.69) is 34.5 Å². The van der Waals surface area contributed by atoms with Gasteiger partial charge < -0.3 is 10.6 Å². The summed E-state index contributed by atoms with van der Waals surface area (Å²) in [6.07, 6.45) is -0.979. The summed E-state index contributed by atoms with van der Waals surface area (Å²) in [6.45, 7) is 4.72. The molecule has 0 aliphatic heterocycles. The highest BCUT2D eigenvalue weighted by Gasteiger charge is 2.33. The van der Waals surface area contributed by atoms with Gasteiger partial charge in [-0.3, -0.25) is 4.99 Å². The Labute approximate surface area is 161 Å². The minimum atomic E-state index is -4.39. The van der Waals surface area contributed by atoms with E-state index in [9.17, 15) is 13.2 Å². The second-order valence-corrected chi connectivity index (χ2v) is 7.25. The third kappa shape index (κ3) is 6.38. The Balaban J connectivity index is 0.00000288. The number of nitrogens with zero attached hydrogens (tertiary/aromatic N) is 2. The van der Waals surface area contributed by atoms with Crippen molar-refractivity contribution in [2.75, 3.05) is 7.05 Å². The van der Waals surface area contributed by atoms with Gasteiger partial charge in [-0.15, -0.1) is 35.3 Å². The van der Waals surface area contributed by atoms with Gasteiger partial charge in [-0.1, -0.05) is 13.8 Å². The van der Waals surface area contributed by atoms with E-state index >= 15 is 0 Å². The van der Waals surface area contributed by atoms with Crippen molar-refractivity contribution in [3.05, 3.63) is 16.1 Å². The number of guanidine groups is 1. The number of halogens is 4. The van der Waals surface area contributed by atoms with Crippen LogP contribution in [0.1, 0.15) is 43.8 Å². The van der Waals surface area contributed by atoms with Crippen molar-refractivity contribution in [3.8, 4) is 0 Å². The minimum Gasteiger partial charge on any atom is -0.354 e. The Morgan fingerprint density at radius 1 is 1.29 bits per heavy atom. The molecule has 1 aromatic heterocycles.